The molecule has 0 amide bonds. The first-order valence-corrected chi connectivity index (χ1v) is 24.8. The van der Waals surface area contributed by atoms with Crippen molar-refractivity contribution in [2.24, 2.45) is 11.8 Å². The van der Waals surface area contributed by atoms with Crippen molar-refractivity contribution in [1.82, 2.24) is 4.98 Å². The van der Waals surface area contributed by atoms with E-state index in [4.69, 9.17) is 0 Å². The van der Waals surface area contributed by atoms with Gasteiger partial charge in [0.15, 0.2) is 5.78 Å². The first-order valence-electron chi connectivity index (χ1n) is 17.4. The molecule has 8 heteroatoms. The van der Waals surface area contributed by atoms with Crippen molar-refractivity contribution in [3.63, 3.8) is 0 Å². The summed E-state index contributed by atoms with van der Waals surface area (Å²) in [6, 6.07) is 22.5. The Labute approximate surface area is 313 Å². The van der Waals surface area contributed by atoms with Crippen LogP contribution in [0.15, 0.2) is 78.7 Å². The van der Waals surface area contributed by atoms with E-state index in [1.54, 1.807) is 6.07 Å². The molecule has 0 aliphatic heterocycles. The average molecular weight is 926 g/mol. The number of aromatic nitrogens is 1. The molecule has 0 saturated heterocycles. The van der Waals surface area contributed by atoms with Gasteiger partial charge in [0.2, 0.25) is 0 Å². The summed E-state index contributed by atoms with van der Waals surface area (Å²) in [5, 5.41) is 11.8. The maximum Gasteiger partial charge on any atom is 0.162 e. The predicted molar refractivity (Wildman–Crippen MR) is 202 cm³/mol. The van der Waals surface area contributed by atoms with Crippen LogP contribution in [0.2, 0.25) is 17.3 Å². The van der Waals surface area contributed by atoms with Gasteiger partial charge in [0.25, 0.3) is 0 Å². The summed E-state index contributed by atoms with van der Waals surface area (Å²) in [7, 11) is 0. The minimum atomic E-state index is -4.49. The molecule has 1 radical (unpaired) electrons. The fourth-order valence-corrected chi connectivity index (χ4v) is 8.43. The maximum absolute atomic E-state index is 13.9. The number of carbonyl (C=O) groups is 1. The number of ketones is 1. The SMILES string of the molecule is CC(C)(C)c1cc(-c2cc(-c3cc[c]([Ge]([CH3])([CH3])[CH3])cc3)c(C(F)(F)F)cn2)[c-]c2ccccc12.CCC(CC)C(=O)/C=C(\O)C(CC)CC.[Ir]. The molecule has 0 unspecified atom stereocenters. The van der Waals surface area contributed by atoms with Gasteiger partial charge < -0.3 is 5.11 Å². The van der Waals surface area contributed by atoms with E-state index >= 15 is 0 Å². The van der Waals surface area contributed by atoms with Crippen molar-refractivity contribution in [2.75, 3.05) is 0 Å². The first kappa shape index (κ1) is 43.4. The van der Waals surface area contributed by atoms with Gasteiger partial charge in [-0.25, -0.2) is 0 Å². The van der Waals surface area contributed by atoms with Gasteiger partial charge in [0.1, 0.15) is 0 Å². The van der Waals surface area contributed by atoms with E-state index < -0.39 is 25.0 Å². The van der Waals surface area contributed by atoms with E-state index in [9.17, 15) is 23.1 Å². The summed E-state index contributed by atoms with van der Waals surface area (Å²) in [4.78, 5) is 16.0. The quantitative estimate of drug-likeness (QED) is 0.0746. The summed E-state index contributed by atoms with van der Waals surface area (Å²) >= 11 is -2.08. The summed E-state index contributed by atoms with van der Waals surface area (Å²) in [5.74, 6) is 7.35. The molecule has 0 saturated carbocycles. The van der Waals surface area contributed by atoms with Crippen LogP contribution < -0.4 is 4.40 Å². The zero-order valence-electron chi connectivity index (χ0n) is 31.2. The first-order chi connectivity index (χ1) is 22.8. The van der Waals surface area contributed by atoms with Gasteiger partial charge in [0.05, 0.1) is 5.76 Å². The number of fused-ring (bicyclic) bond motifs is 1. The molecule has 0 aliphatic rings. The topological polar surface area (TPSA) is 50.2 Å². The minimum absolute atomic E-state index is 0. The molecule has 3 aromatic carbocycles. The van der Waals surface area contributed by atoms with E-state index in [0.29, 0.717) is 16.8 Å². The smallest absolute Gasteiger partial charge is 0.162 e. The van der Waals surface area contributed by atoms with Crippen molar-refractivity contribution in [1.29, 1.82) is 0 Å². The molecule has 3 nitrogen and oxygen atoms in total. The van der Waals surface area contributed by atoms with Gasteiger partial charge in [-0.15, -0.1) is 0 Å². The van der Waals surface area contributed by atoms with Gasteiger partial charge in [-0.1, -0.05) is 33.8 Å². The van der Waals surface area contributed by atoms with Crippen molar-refractivity contribution in [3.8, 4) is 22.4 Å². The van der Waals surface area contributed by atoms with Gasteiger partial charge in [0, 0.05) is 38.0 Å². The minimum Gasteiger partial charge on any atom is -0.512 e. The molecule has 50 heavy (non-hydrogen) atoms. The Hall–Kier alpha value is -2.74. The van der Waals surface area contributed by atoms with Crippen molar-refractivity contribution in [3.05, 3.63) is 95.9 Å². The van der Waals surface area contributed by atoms with E-state index in [-0.39, 0.29) is 54.5 Å². The second kappa shape index (κ2) is 18.1. The van der Waals surface area contributed by atoms with Crippen molar-refractivity contribution in [2.45, 2.75) is 103 Å². The monoisotopic (exact) mass is 927 g/mol. The Morgan fingerprint density at radius 3 is 1.92 bits per heavy atom. The number of aliphatic hydroxyl groups is 1. The van der Waals surface area contributed by atoms with Gasteiger partial charge in [-0.05, 0) is 25.7 Å². The fraction of sp³-hybridized carbons (Fsp3) is 0.429. The molecule has 0 bridgehead atoms. The zero-order valence-corrected chi connectivity index (χ0v) is 35.7. The number of allylic oxidation sites excluding steroid dienone is 2. The Kier molecular flexibility index (Phi) is 15.8. The Morgan fingerprint density at radius 1 is 0.860 bits per heavy atom. The second-order valence-corrected chi connectivity index (χ2v) is 25.5. The van der Waals surface area contributed by atoms with Crippen LogP contribution in [-0.4, -0.2) is 29.1 Å². The van der Waals surface area contributed by atoms with Crippen LogP contribution in [0.3, 0.4) is 0 Å². The summed E-state index contributed by atoms with van der Waals surface area (Å²) in [6.45, 7) is 14.5. The van der Waals surface area contributed by atoms with E-state index in [1.807, 2.05) is 76.2 Å². The number of carbonyl (C=O) groups excluding carboxylic acids is 1. The third-order valence-electron chi connectivity index (χ3n) is 9.21. The number of benzene rings is 3. The fourth-order valence-electron chi connectivity index (χ4n) is 5.99. The van der Waals surface area contributed by atoms with Crippen LogP contribution in [0.4, 0.5) is 13.2 Å². The molecule has 0 fully saturated rings. The maximum atomic E-state index is 13.9. The molecule has 0 spiro atoms. The summed E-state index contributed by atoms with van der Waals surface area (Å²) in [6.07, 6.45) is 1.37. The van der Waals surface area contributed by atoms with Gasteiger partial charge in [-0.2, -0.15) is 0 Å². The molecule has 273 valence electrons. The van der Waals surface area contributed by atoms with Crippen LogP contribution in [0.1, 0.15) is 85.3 Å². The summed E-state index contributed by atoms with van der Waals surface area (Å²) < 4.78 is 43.0. The van der Waals surface area contributed by atoms with E-state index in [2.05, 4.69) is 55.2 Å². The predicted octanol–water partition coefficient (Wildman–Crippen LogP) is 12.1. The van der Waals surface area contributed by atoms with Gasteiger partial charge in [-0.3, -0.25) is 4.79 Å². The Bertz CT molecular complexity index is 1740. The molecule has 1 heterocycles. The largest absolute Gasteiger partial charge is 0.512 e. The number of pyridine rings is 1. The van der Waals surface area contributed by atoms with Crippen LogP contribution in [0, 0.1) is 17.9 Å². The molecule has 1 aromatic heterocycles. The summed E-state index contributed by atoms with van der Waals surface area (Å²) in [5.41, 5.74) is 2.11. The van der Waals surface area contributed by atoms with Crippen molar-refractivity contribution >= 4 is 34.2 Å². The number of rotatable bonds is 10. The number of nitrogens with zero attached hydrogens (tertiary/aromatic N) is 1. The molecule has 0 atom stereocenters. The number of alkyl halides is 3. The van der Waals surface area contributed by atoms with Crippen molar-refractivity contribution < 1.29 is 43.2 Å². The van der Waals surface area contributed by atoms with Crippen LogP contribution in [0.5, 0.6) is 0 Å². The number of hydrogen-bond donors (Lipinski definition) is 1. The molecule has 1 N–H and O–H groups in total. The standard InChI is InChI=1S/C29H29F3GeN.C13H24O2.Ir/c1-28(2,3)25-16-21(15-20-9-7-8-10-23(20)25)27-17-24(26(18-34-27)29(30,31)32)19-11-13-22(14-12-19)33(4,5)6;1-5-10(6-2)12(14)9-13(15)11(7-3)8-4;/h7-14,16-18H,1-6H3;9-11,14H,5-8H2,1-4H3;/q-1;;/b;12-9-;. The van der Waals surface area contributed by atoms with E-state index in [0.717, 1.165) is 48.2 Å². The molecular weight excluding hydrogens is 872 g/mol. The number of hydrogen-bond acceptors (Lipinski definition) is 3. The molecular formula is C42H53F3GeIrNO2-. The van der Waals surface area contributed by atoms with E-state index in [1.165, 1.54) is 10.5 Å². The normalized spacial score (nSPS) is 12.5. The van der Waals surface area contributed by atoms with Crippen LogP contribution >= 0.6 is 0 Å². The third-order valence-corrected chi connectivity index (χ3v) is 13.5. The molecule has 0 aliphatic carbocycles. The van der Waals surface area contributed by atoms with Gasteiger partial charge >= 0.3 is 197 Å². The number of halogens is 3. The second-order valence-electron chi connectivity index (χ2n) is 14.8. The third kappa shape index (κ3) is 11.1. The molecule has 4 rings (SSSR count). The number of aliphatic hydroxyl groups excluding tert-OH is 1. The zero-order chi connectivity index (χ0) is 36.7. The molecule has 4 aromatic rings. The Balaban J connectivity index is 0.000000461. The Morgan fingerprint density at radius 2 is 1.42 bits per heavy atom. The average Bonchev–Trinajstić information content (AvgIpc) is 3.04. The van der Waals surface area contributed by atoms with Crippen LogP contribution in [-0.2, 0) is 36.5 Å². The van der Waals surface area contributed by atoms with Crippen LogP contribution in [0.25, 0.3) is 33.2 Å².